The first-order chi connectivity index (χ1) is 17.4. The van der Waals surface area contributed by atoms with Crippen molar-refractivity contribution in [2.24, 2.45) is 5.73 Å². The van der Waals surface area contributed by atoms with Gasteiger partial charge in [-0.2, -0.15) is 0 Å². The lowest BCUT2D eigenvalue weighted by atomic mass is 9.95. The number of carboxylic acid groups (broad SMARTS) is 1. The van der Waals surface area contributed by atoms with E-state index in [0.717, 1.165) is 36.0 Å². The number of benzene rings is 3. The maximum absolute atomic E-state index is 12.3. The summed E-state index contributed by atoms with van der Waals surface area (Å²) in [7, 11) is 0. The fourth-order valence-electron chi connectivity index (χ4n) is 3.97. The topological polar surface area (TPSA) is 120 Å². The van der Waals surface area contributed by atoms with Crippen LogP contribution in [-0.2, 0) is 29.0 Å². The largest absolute Gasteiger partial charge is 0.548 e. The molecule has 0 fully saturated rings. The van der Waals surface area contributed by atoms with Gasteiger partial charge in [-0.25, -0.2) is 0 Å². The molecule has 0 aromatic heterocycles. The number of carbonyl (C=O) groups is 1. The first-order valence-corrected chi connectivity index (χ1v) is 12.2. The highest BCUT2D eigenvalue weighted by atomic mass is 35.5. The summed E-state index contributed by atoms with van der Waals surface area (Å²) in [6.07, 6.45) is 2.41. The highest BCUT2D eigenvalue weighted by Gasteiger charge is 2.22. The molecule has 198 valence electrons. The van der Waals surface area contributed by atoms with E-state index in [9.17, 15) is 9.90 Å². The van der Waals surface area contributed by atoms with Crippen LogP contribution in [0.25, 0.3) is 0 Å². The normalized spacial score (nSPS) is 11.3. The van der Waals surface area contributed by atoms with E-state index in [1.165, 1.54) is 0 Å². The zero-order chi connectivity index (χ0) is 25.9. The van der Waals surface area contributed by atoms with Crippen LogP contribution >= 0.6 is 12.4 Å². The van der Waals surface area contributed by atoms with Gasteiger partial charge in [0.2, 0.25) is 0 Å². The molecule has 3 aromatic rings. The monoisotopic (exact) mass is 524 g/mol. The molecule has 3 aromatic carbocycles. The van der Waals surface area contributed by atoms with Gasteiger partial charge in [-0.3, -0.25) is 5.41 Å². The van der Waals surface area contributed by atoms with E-state index in [4.69, 9.17) is 20.6 Å². The fourth-order valence-corrected chi connectivity index (χ4v) is 3.97. The molecule has 0 spiro atoms. The van der Waals surface area contributed by atoms with E-state index in [2.05, 4.69) is 18.3 Å². The van der Waals surface area contributed by atoms with Gasteiger partial charge in [0.05, 0.1) is 25.2 Å². The van der Waals surface area contributed by atoms with Gasteiger partial charge in [0.1, 0.15) is 18.2 Å². The number of aryl methyl sites for hydroxylation is 2. The fraction of sp³-hybridized carbons (Fsp3) is 0.310. The number of nitrogen functional groups attached to an aromatic ring is 1. The minimum atomic E-state index is -1.26. The van der Waals surface area contributed by atoms with Gasteiger partial charge in [0, 0.05) is 16.8 Å². The second-order valence-electron chi connectivity index (χ2n) is 8.55. The van der Waals surface area contributed by atoms with Crippen molar-refractivity contribution in [3.63, 3.8) is 0 Å². The molecule has 3 rings (SSSR count). The summed E-state index contributed by atoms with van der Waals surface area (Å²) in [6.45, 7) is 5.25. The van der Waals surface area contributed by atoms with E-state index >= 15 is 0 Å². The molecule has 0 amide bonds. The number of nitrogens with one attached hydrogen (secondary N) is 2. The standard InChI is InChI=1S/C29H35N3O4.ClH/c1-3-8-23-17-20(4-2)18-25(27(23)36-16-15-35-19-21-9-6-5-7-10-21)26(29(33)34)32-24-13-11-22(12-14-24)28(30)31;/h5-7,9-14,17-18,26,32H,3-4,8,15-16,19H2,1-2H3,(H3,30,31)(H,33,34);1H/p-1. The van der Waals surface area contributed by atoms with E-state index in [0.29, 0.717) is 35.8 Å². The third-order valence-electron chi connectivity index (χ3n) is 5.82. The van der Waals surface area contributed by atoms with Gasteiger partial charge in [0.25, 0.3) is 0 Å². The third-order valence-corrected chi connectivity index (χ3v) is 5.82. The summed E-state index contributed by atoms with van der Waals surface area (Å²) >= 11 is 0. The SMILES string of the molecule is CCCc1cc(CC)cc(C(Nc2ccc(C(=N)N)cc2)C(=O)[O-])c1OCCOCc1ccccc1.Cl. The maximum atomic E-state index is 12.3. The summed E-state index contributed by atoms with van der Waals surface area (Å²) in [5.41, 5.74) is 10.3. The molecule has 8 heteroatoms. The number of rotatable bonds is 14. The molecule has 4 N–H and O–H groups in total. The minimum absolute atomic E-state index is 0. The number of ether oxygens (including phenoxy) is 2. The number of aliphatic carboxylic acids is 1. The van der Waals surface area contributed by atoms with Gasteiger partial charge < -0.3 is 30.4 Å². The Balaban J connectivity index is 0.00000481. The number of hydrogen-bond donors (Lipinski definition) is 3. The summed E-state index contributed by atoms with van der Waals surface area (Å²) < 4.78 is 11.9. The molecule has 1 atom stereocenters. The summed E-state index contributed by atoms with van der Waals surface area (Å²) in [6, 6.07) is 19.5. The Morgan fingerprint density at radius 2 is 1.73 bits per heavy atom. The van der Waals surface area contributed by atoms with Crippen molar-refractivity contribution in [3.05, 3.63) is 94.5 Å². The Kier molecular flexibility index (Phi) is 11.9. The first kappa shape index (κ1) is 29.7. The predicted octanol–water partition coefficient (Wildman–Crippen LogP) is 4.41. The van der Waals surface area contributed by atoms with Crippen LogP contribution in [0, 0.1) is 5.41 Å². The van der Waals surface area contributed by atoms with Crippen molar-refractivity contribution < 1.29 is 19.4 Å². The van der Waals surface area contributed by atoms with Crippen molar-refractivity contribution in [2.45, 2.75) is 45.8 Å². The second kappa shape index (κ2) is 14.9. The number of nitrogens with two attached hydrogens (primary N) is 1. The molecule has 0 aliphatic heterocycles. The van der Waals surface area contributed by atoms with Crippen LogP contribution in [-0.4, -0.2) is 25.0 Å². The van der Waals surface area contributed by atoms with Crippen LogP contribution in [0.5, 0.6) is 5.75 Å². The van der Waals surface area contributed by atoms with Crippen molar-refractivity contribution in [1.29, 1.82) is 5.41 Å². The summed E-state index contributed by atoms with van der Waals surface area (Å²) in [5.74, 6) is -0.756. The number of halogens is 1. The van der Waals surface area contributed by atoms with Gasteiger partial charge in [-0.05, 0) is 59.9 Å². The Morgan fingerprint density at radius 1 is 1.03 bits per heavy atom. The highest BCUT2D eigenvalue weighted by Crippen LogP contribution is 2.34. The zero-order valence-corrected chi connectivity index (χ0v) is 22.1. The number of carboxylic acids is 1. The van der Waals surface area contributed by atoms with Gasteiger partial charge in [0.15, 0.2) is 0 Å². The molecule has 37 heavy (non-hydrogen) atoms. The first-order valence-electron chi connectivity index (χ1n) is 12.2. The Bertz CT molecular complexity index is 1150. The van der Waals surface area contributed by atoms with E-state index in [-0.39, 0.29) is 24.8 Å². The average molecular weight is 525 g/mol. The van der Waals surface area contributed by atoms with Crippen LogP contribution in [0.2, 0.25) is 0 Å². The zero-order valence-electron chi connectivity index (χ0n) is 21.3. The molecular weight excluding hydrogens is 490 g/mol. The molecular formula is C29H35ClN3O4-. The highest BCUT2D eigenvalue weighted by molar-refractivity contribution is 5.95. The van der Waals surface area contributed by atoms with Crippen molar-refractivity contribution in [2.75, 3.05) is 18.5 Å². The Hall–Kier alpha value is -3.55. The van der Waals surface area contributed by atoms with E-state index in [1.54, 1.807) is 24.3 Å². The van der Waals surface area contributed by atoms with Gasteiger partial charge >= 0.3 is 0 Å². The number of carbonyl (C=O) groups excluding carboxylic acids is 1. The number of amidine groups is 1. The predicted molar refractivity (Wildman–Crippen MR) is 147 cm³/mol. The smallest absolute Gasteiger partial charge is 0.128 e. The van der Waals surface area contributed by atoms with E-state index < -0.39 is 12.0 Å². The average Bonchev–Trinajstić information content (AvgIpc) is 2.88. The molecule has 0 radical (unpaired) electrons. The van der Waals surface area contributed by atoms with Gasteiger partial charge in [-0.1, -0.05) is 56.7 Å². The maximum Gasteiger partial charge on any atom is 0.128 e. The number of hydrogen-bond acceptors (Lipinski definition) is 6. The Morgan fingerprint density at radius 3 is 2.32 bits per heavy atom. The van der Waals surface area contributed by atoms with Gasteiger partial charge in [-0.15, -0.1) is 12.4 Å². The number of anilines is 1. The summed E-state index contributed by atoms with van der Waals surface area (Å²) in [5, 5.41) is 22.9. The lowest BCUT2D eigenvalue weighted by Gasteiger charge is -2.26. The minimum Gasteiger partial charge on any atom is -0.548 e. The van der Waals surface area contributed by atoms with Crippen LogP contribution in [0.15, 0.2) is 66.7 Å². The van der Waals surface area contributed by atoms with Crippen LogP contribution in [0.4, 0.5) is 5.69 Å². The lowest BCUT2D eigenvalue weighted by molar-refractivity contribution is -0.307. The van der Waals surface area contributed by atoms with Crippen LogP contribution in [0.1, 0.15) is 54.1 Å². The molecule has 7 nitrogen and oxygen atoms in total. The quantitative estimate of drug-likeness (QED) is 0.163. The third kappa shape index (κ3) is 8.51. The van der Waals surface area contributed by atoms with E-state index in [1.807, 2.05) is 43.3 Å². The summed E-state index contributed by atoms with van der Waals surface area (Å²) in [4.78, 5) is 12.3. The van der Waals surface area contributed by atoms with Crippen molar-refractivity contribution in [3.8, 4) is 5.75 Å². The van der Waals surface area contributed by atoms with Crippen molar-refractivity contribution >= 4 is 29.9 Å². The van der Waals surface area contributed by atoms with Crippen LogP contribution in [0.3, 0.4) is 0 Å². The lowest BCUT2D eigenvalue weighted by Crippen LogP contribution is -2.35. The molecule has 0 saturated carbocycles. The molecule has 0 heterocycles. The molecule has 0 saturated heterocycles. The molecule has 0 aliphatic carbocycles. The molecule has 0 bridgehead atoms. The molecule has 1 unspecified atom stereocenters. The second-order valence-corrected chi connectivity index (χ2v) is 8.55. The van der Waals surface area contributed by atoms with Crippen LogP contribution < -0.4 is 20.9 Å². The Labute approximate surface area is 224 Å². The molecule has 0 aliphatic rings. The van der Waals surface area contributed by atoms with Crippen molar-refractivity contribution in [1.82, 2.24) is 0 Å².